The molecule has 1 aromatic heterocycles. The van der Waals surface area contributed by atoms with Crippen LogP contribution in [0.25, 0.3) is 22.0 Å². The topological polar surface area (TPSA) is 82.3 Å². The molecule has 0 spiro atoms. The molecule has 27 heavy (non-hydrogen) atoms. The minimum atomic E-state index is -4.49. The van der Waals surface area contributed by atoms with Crippen LogP contribution in [0.15, 0.2) is 48.5 Å². The highest BCUT2D eigenvalue weighted by molar-refractivity contribution is 6.02. The number of aromatic nitrogens is 1. The van der Waals surface area contributed by atoms with Crippen LogP contribution in [0.2, 0.25) is 0 Å². The molecule has 0 unspecified atom stereocenters. The summed E-state index contributed by atoms with van der Waals surface area (Å²) in [5.74, 6) is -0.816. The molecule has 6 nitrogen and oxygen atoms in total. The van der Waals surface area contributed by atoms with Crippen LogP contribution in [0.3, 0.4) is 0 Å². The highest BCUT2D eigenvalue weighted by Gasteiger charge is 2.30. The van der Waals surface area contributed by atoms with E-state index in [1.165, 1.54) is 30.3 Å². The first-order valence-electron chi connectivity index (χ1n) is 7.56. The maximum Gasteiger partial charge on any atom is 0.416 e. The van der Waals surface area contributed by atoms with E-state index >= 15 is 0 Å². The Labute approximate surface area is 150 Å². The number of esters is 1. The maximum atomic E-state index is 12.8. The number of nitro groups is 1. The molecule has 2 aromatic carbocycles. The fourth-order valence-electron chi connectivity index (χ4n) is 2.67. The number of hydrogen-bond acceptors (Lipinski definition) is 5. The highest BCUT2D eigenvalue weighted by atomic mass is 19.4. The van der Waals surface area contributed by atoms with Gasteiger partial charge in [0.05, 0.1) is 17.6 Å². The molecule has 0 aliphatic heterocycles. The number of pyridine rings is 1. The first-order chi connectivity index (χ1) is 12.7. The molecule has 0 bridgehead atoms. The van der Waals surface area contributed by atoms with Crippen molar-refractivity contribution >= 4 is 22.6 Å². The molecule has 0 aliphatic rings. The largest absolute Gasteiger partial charge is 0.464 e. The molecule has 0 saturated heterocycles. The predicted molar refractivity (Wildman–Crippen MR) is 90.2 cm³/mol. The van der Waals surface area contributed by atoms with Gasteiger partial charge in [-0.1, -0.05) is 24.3 Å². The minimum absolute atomic E-state index is 0.0553. The van der Waals surface area contributed by atoms with E-state index < -0.39 is 22.6 Å². The van der Waals surface area contributed by atoms with Crippen LogP contribution in [0.4, 0.5) is 18.9 Å². The van der Waals surface area contributed by atoms with Gasteiger partial charge in [0.1, 0.15) is 11.2 Å². The van der Waals surface area contributed by atoms with Gasteiger partial charge in [-0.05, 0) is 29.3 Å². The van der Waals surface area contributed by atoms with Crippen LogP contribution in [0, 0.1) is 10.1 Å². The summed E-state index contributed by atoms with van der Waals surface area (Å²) >= 11 is 0. The molecule has 0 atom stereocenters. The van der Waals surface area contributed by atoms with E-state index in [4.69, 9.17) is 0 Å². The minimum Gasteiger partial charge on any atom is -0.464 e. The summed E-state index contributed by atoms with van der Waals surface area (Å²) in [4.78, 5) is 26.6. The van der Waals surface area contributed by atoms with Crippen molar-refractivity contribution < 1.29 is 27.6 Å². The third-order valence-electron chi connectivity index (χ3n) is 3.93. The number of hydrogen-bond donors (Lipinski definition) is 0. The molecule has 3 aromatic rings. The molecule has 0 aliphatic carbocycles. The van der Waals surface area contributed by atoms with E-state index in [0.29, 0.717) is 16.5 Å². The molecular formula is C18H11F3N2O4. The molecule has 3 rings (SSSR count). The third kappa shape index (κ3) is 3.43. The van der Waals surface area contributed by atoms with Crippen molar-refractivity contribution in [3.05, 3.63) is 69.9 Å². The number of halogens is 3. The summed E-state index contributed by atoms with van der Waals surface area (Å²) in [6.45, 7) is 0. The molecule has 138 valence electrons. The summed E-state index contributed by atoms with van der Waals surface area (Å²) in [6, 6.07) is 9.81. The lowest BCUT2D eigenvalue weighted by Crippen LogP contribution is -2.06. The van der Waals surface area contributed by atoms with Crippen LogP contribution < -0.4 is 0 Å². The average molecular weight is 376 g/mol. The number of para-hydroxylation sites is 1. The van der Waals surface area contributed by atoms with Crippen LogP contribution in [0.5, 0.6) is 0 Å². The van der Waals surface area contributed by atoms with Gasteiger partial charge in [-0.2, -0.15) is 13.2 Å². The Balaban J connectivity index is 2.29. The van der Waals surface area contributed by atoms with Crippen LogP contribution >= 0.6 is 0 Å². The average Bonchev–Trinajstić information content (AvgIpc) is 2.65. The van der Waals surface area contributed by atoms with Crippen LogP contribution in [0.1, 0.15) is 16.1 Å². The molecular weight excluding hydrogens is 365 g/mol. The van der Waals surface area contributed by atoms with Gasteiger partial charge in [0.2, 0.25) is 0 Å². The molecule has 0 fully saturated rings. The Bertz CT molecular complexity index is 1050. The fourth-order valence-corrected chi connectivity index (χ4v) is 2.67. The number of carbonyl (C=O) groups excluding carboxylic acids is 1. The standard InChI is InChI=1S/C18H11F3N2O4/c1-27-17(24)14-9-13(10-5-7-11(8-6-10)18(19,20)21)12-3-2-4-15(23(25)26)16(12)22-14/h2-9H,1H3. The number of alkyl halides is 3. The zero-order valence-corrected chi connectivity index (χ0v) is 13.8. The number of nitro benzene ring substituents is 1. The van der Waals surface area contributed by atoms with Gasteiger partial charge >= 0.3 is 12.1 Å². The Hall–Kier alpha value is -3.49. The van der Waals surface area contributed by atoms with Gasteiger partial charge in [0.25, 0.3) is 5.69 Å². The van der Waals surface area contributed by atoms with Crippen molar-refractivity contribution in [3.63, 3.8) is 0 Å². The molecule has 0 radical (unpaired) electrons. The van der Waals surface area contributed by atoms with Crippen molar-refractivity contribution in [3.8, 4) is 11.1 Å². The number of rotatable bonds is 3. The van der Waals surface area contributed by atoms with Crippen molar-refractivity contribution in [2.45, 2.75) is 6.18 Å². The van der Waals surface area contributed by atoms with Crippen molar-refractivity contribution in [2.75, 3.05) is 7.11 Å². The van der Waals surface area contributed by atoms with E-state index in [1.54, 1.807) is 6.07 Å². The second-order valence-electron chi connectivity index (χ2n) is 5.55. The highest BCUT2D eigenvalue weighted by Crippen LogP contribution is 2.35. The number of benzene rings is 2. The SMILES string of the molecule is COC(=O)c1cc(-c2ccc(C(F)(F)F)cc2)c2cccc([N+](=O)[O-])c2n1. The van der Waals surface area contributed by atoms with Gasteiger partial charge < -0.3 is 4.74 Å². The Kier molecular flexibility index (Phi) is 4.52. The molecule has 0 amide bonds. The summed E-state index contributed by atoms with van der Waals surface area (Å²) in [7, 11) is 1.13. The van der Waals surface area contributed by atoms with E-state index in [2.05, 4.69) is 9.72 Å². The quantitative estimate of drug-likeness (QED) is 0.379. The first kappa shape index (κ1) is 18.3. The van der Waals surface area contributed by atoms with Crippen molar-refractivity contribution in [1.82, 2.24) is 4.98 Å². The monoisotopic (exact) mass is 376 g/mol. The fraction of sp³-hybridized carbons (Fsp3) is 0.111. The predicted octanol–water partition coefficient (Wildman–Crippen LogP) is 4.62. The lowest BCUT2D eigenvalue weighted by atomic mass is 9.98. The number of fused-ring (bicyclic) bond motifs is 1. The molecule has 0 saturated carbocycles. The number of nitrogens with zero attached hydrogens (tertiary/aromatic N) is 2. The van der Waals surface area contributed by atoms with Gasteiger partial charge in [-0.25, -0.2) is 9.78 Å². The molecule has 1 heterocycles. The Morgan fingerprint density at radius 1 is 1.15 bits per heavy atom. The Morgan fingerprint density at radius 2 is 1.81 bits per heavy atom. The van der Waals surface area contributed by atoms with E-state index in [-0.39, 0.29) is 16.9 Å². The summed E-state index contributed by atoms with van der Waals surface area (Å²) in [5.41, 5.74) is -0.719. The zero-order chi connectivity index (χ0) is 19.8. The van der Waals surface area contributed by atoms with Crippen LogP contribution in [-0.2, 0) is 10.9 Å². The van der Waals surface area contributed by atoms with Gasteiger partial charge in [0, 0.05) is 11.5 Å². The van der Waals surface area contributed by atoms with E-state index in [9.17, 15) is 28.1 Å². The first-order valence-corrected chi connectivity index (χ1v) is 7.56. The molecule has 0 N–H and O–H groups in total. The number of ether oxygens (including phenoxy) is 1. The number of carbonyl (C=O) groups is 1. The Morgan fingerprint density at radius 3 is 2.37 bits per heavy atom. The lowest BCUT2D eigenvalue weighted by Gasteiger charge is -2.11. The summed E-state index contributed by atoms with van der Waals surface area (Å²) in [5, 5.41) is 11.6. The molecule has 9 heteroatoms. The van der Waals surface area contributed by atoms with Gasteiger partial charge in [-0.15, -0.1) is 0 Å². The summed E-state index contributed by atoms with van der Waals surface area (Å²) < 4.78 is 43.0. The van der Waals surface area contributed by atoms with Gasteiger partial charge in [0.15, 0.2) is 0 Å². The second kappa shape index (κ2) is 6.67. The van der Waals surface area contributed by atoms with Crippen molar-refractivity contribution in [2.24, 2.45) is 0 Å². The zero-order valence-electron chi connectivity index (χ0n) is 13.8. The van der Waals surface area contributed by atoms with Crippen molar-refractivity contribution in [1.29, 1.82) is 0 Å². The van der Waals surface area contributed by atoms with Gasteiger partial charge in [-0.3, -0.25) is 10.1 Å². The normalized spacial score (nSPS) is 11.4. The smallest absolute Gasteiger partial charge is 0.416 e. The van der Waals surface area contributed by atoms with E-state index in [1.807, 2.05) is 0 Å². The van der Waals surface area contributed by atoms with Crippen LogP contribution in [-0.4, -0.2) is 23.0 Å². The third-order valence-corrected chi connectivity index (χ3v) is 3.93. The second-order valence-corrected chi connectivity index (χ2v) is 5.55. The number of non-ortho nitro benzene ring substituents is 1. The number of methoxy groups -OCH3 is 1. The maximum absolute atomic E-state index is 12.8. The summed E-state index contributed by atoms with van der Waals surface area (Å²) in [6.07, 6.45) is -4.49. The lowest BCUT2D eigenvalue weighted by molar-refractivity contribution is -0.383. The van der Waals surface area contributed by atoms with E-state index in [0.717, 1.165) is 19.2 Å².